The van der Waals surface area contributed by atoms with Crippen molar-refractivity contribution in [1.29, 1.82) is 0 Å². The normalized spacial score (nSPS) is 16.7. The Morgan fingerprint density at radius 3 is 2.44 bits per heavy atom. The van der Waals surface area contributed by atoms with Gasteiger partial charge in [0, 0.05) is 30.7 Å². The summed E-state index contributed by atoms with van der Waals surface area (Å²) in [6.45, 7) is 4.18. The van der Waals surface area contributed by atoms with Gasteiger partial charge in [0.2, 0.25) is 5.91 Å². The third-order valence-electron chi connectivity index (χ3n) is 5.77. The molecule has 0 spiro atoms. The first-order valence-electron chi connectivity index (χ1n) is 11.4. The van der Waals surface area contributed by atoms with Gasteiger partial charge in [-0.2, -0.15) is 0 Å². The van der Waals surface area contributed by atoms with E-state index in [1.807, 2.05) is 34.6 Å². The van der Waals surface area contributed by atoms with Crippen LogP contribution in [0.4, 0.5) is 0 Å². The fraction of sp³-hybridized carbons (Fsp3) is 0.308. The largest absolute Gasteiger partial charge is 0.497 e. The van der Waals surface area contributed by atoms with Crippen molar-refractivity contribution in [2.24, 2.45) is 4.99 Å². The fourth-order valence-electron chi connectivity index (χ4n) is 4.07. The molecule has 0 saturated heterocycles. The number of aliphatic imine (C=N–C) groups is 1. The molecule has 0 fully saturated rings. The second-order valence-electron chi connectivity index (χ2n) is 8.07. The van der Waals surface area contributed by atoms with Crippen LogP contribution < -0.4 is 14.8 Å². The molecule has 0 saturated carbocycles. The SMILES string of the molecule is CCOC(=O)C1=C(C)N=C2SC=C(CC(=O)NCc3ccncc3)N2[C@H]1c1cc(OC)cc(OC)c1. The number of rotatable bonds is 9. The van der Waals surface area contributed by atoms with Gasteiger partial charge < -0.3 is 24.4 Å². The van der Waals surface area contributed by atoms with Crippen molar-refractivity contribution in [1.82, 2.24) is 15.2 Å². The van der Waals surface area contributed by atoms with Gasteiger partial charge >= 0.3 is 5.97 Å². The molecule has 2 aliphatic rings. The second kappa shape index (κ2) is 11.3. The number of hydrogen-bond acceptors (Lipinski definition) is 9. The summed E-state index contributed by atoms with van der Waals surface area (Å²) < 4.78 is 16.4. The van der Waals surface area contributed by atoms with Gasteiger partial charge in [-0.3, -0.25) is 9.78 Å². The van der Waals surface area contributed by atoms with E-state index in [0.29, 0.717) is 34.5 Å². The number of aromatic nitrogens is 1. The summed E-state index contributed by atoms with van der Waals surface area (Å²) in [5, 5.41) is 5.53. The van der Waals surface area contributed by atoms with Crippen LogP contribution in [0.5, 0.6) is 11.5 Å². The number of hydrogen-bond donors (Lipinski definition) is 1. The molecule has 4 rings (SSSR count). The van der Waals surface area contributed by atoms with Gasteiger partial charge in [-0.15, -0.1) is 0 Å². The van der Waals surface area contributed by atoms with Crippen molar-refractivity contribution in [3.63, 3.8) is 0 Å². The lowest BCUT2D eigenvalue weighted by atomic mass is 9.93. The topological polar surface area (TPSA) is 102 Å². The highest BCUT2D eigenvalue weighted by Crippen LogP contribution is 2.46. The molecule has 1 atom stereocenters. The minimum Gasteiger partial charge on any atom is -0.497 e. The Hall–Kier alpha value is -3.79. The Morgan fingerprint density at radius 1 is 1.11 bits per heavy atom. The molecule has 3 heterocycles. The van der Waals surface area contributed by atoms with Crippen LogP contribution in [0.15, 0.2) is 70.1 Å². The highest BCUT2D eigenvalue weighted by molar-refractivity contribution is 8.16. The first-order chi connectivity index (χ1) is 17.4. The van der Waals surface area contributed by atoms with Gasteiger partial charge in [-0.05, 0) is 54.6 Å². The van der Waals surface area contributed by atoms with Crippen molar-refractivity contribution in [2.75, 3.05) is 20.8 Å². The van der Waals surface area contributed by atoms with Crippen LogP contribution in [-0.4, -0.2) is 47.8 Å². The molecule has 2 aromatic rings. The van der Waals surface area contributed by atoms with Gasteiger partial charge in [0.1, 0.15) is 11.5 Å². The number of ether oxygens (including phenoxy) is 3. The van der Waals surface area contributed by atoms with E-state index in [-0.39, 0.29) is 18.9 Å². The second-order valence-corrected chi connectivity index (χ2v) is 8.91. The molecule has 0 bridgehead atoms. The minimum atomic E-state index is -0.574. The highest BCUT2D eigenvalue weighted by atomic mass is 32.2. The van der Waals surface area contributed by atoms with Crippen LogP contribution in [0.3, 0.4) is 0 Å². The number of nitrogens with zero attached hydrogens (tertiary/aromatic N) is 3. The van der Waals surface area contributed by atoms with Gasteiger partial charge in [0.15, 0.2) is 5.17 Å². The van der Waals surface area contributed by atoms with Crippen LogP contribution in [0, 0.1) is 0 Å². The molecule has 1 aromatic carbocycles. The van der Waals surface area contributed by atoms with E-state index in [1.54, 1.807) is 46.5 Å². The molecule has 188 valence electrons. The first kappa shape index (κ1) is 25.3. The number of benzene rings is 1. The van der Waals surface area contributed by atoms with Gasteiger partial charge in [-0.25, -0.2) is 9.79 Å². The molecule has 1 amide bonds. The minimum absolute atomic E-state index is 0.115. The van der Waals surface area contributed by atoms with Crippen molar-refractivity contribution in [3.05, 3.63) is 76.2 Å². The Balaban J connectivity index is 1.67. The average molecular weight is 509 g/mol. The Bertz CT molecular complexity index is 1220. The summed E-state index contributed by atoms with van der Waals surface area (Å²) in [7, 11) is 3.15. The zero-order chi connectivity index (χ0) is 25.7. The number of pyridine rings is 1. The predicted octanol–water partition coefficient (Wildman–Crippen LogP) is 3.94. The summed E-state index contributed by atoms with van der Waals surface area (Å²) >= 11 is 1.42. The number of amides is 1. The monoisotopic (exact) mass is 508 g/mol. The zero-order valence-corrected chi connectivity index (χ0v) is 21.4. The molecule has 0 radical (unpaired) electrons. The Kier molecular flexibility index (Phi) is 7.94. The third-order valence-corrected chi connectivity index (χ3v) is 6.65. The summed E-state index contributed by atoms with van der Waals surface area (Å²) in [4.78, 5) is 36.6. The number of allylic oxidation sites excluding steroid dienone is 1. The van der Waals surface area contributed by atoms with Crippen LogP contribution in [0.25, 0.3) is 0 Å². The highest BCUT2D eigenvalue weighted by Gasteiger charge is 2.41. The van der Waals surface area contributed by atoms with Crippen molar-refractivity contribution in [2.45, 2.75) is 32.9 Å². The predicted molar refractivity (Wildman–Crippen MR) is 137 cm³/mol. The number of carbonyl (C=O) groups excluding carboxylic acids is 2. The van der Waals surface area contributed by atoms with Gasteiger partial charge in [0.05, 0.1) is 44.6 Å². The van der Waals surface area contributed by atoms with Gasteiger partial charge in [-0.1, -0.05) is 11.8 Å². The van der Waals surface area contributed by atoms with E-state index in [0.717, 1.165) is 16.8 Å². The van der Waals surface area contributed by atoms with E-state index >= 15 is 0 Å². The molecule has 36 heavy (non-hydrogen) atoms. The molecule has 10 heteroatoms. The van der Waals surface area contributed by atoms with E-state index in [1.165, 1.54) is 11.8 Å². The van der Waals surface area contributed by atoms with Crippen LogP contribution in [-0.2, 0) is 20.9 Å². The first-order valence-corrected chi connectivity index (χ1v) is 12.3. The standard InChI is InChI=1S/C26H28N4O5S/c1-5-35-25(32)23-16(2)29-26-30(24(23)18-10-20(33-3)13-21(11-18)34-4)19(15-36-26)12-22(31)28-14-17-6-8-27-9-7-17/h6-11,13,15,24H,5,12,14H2,1-4H3,(H,28,31)/t24-/m0/s1. The number of fused-ring (bicyclic) bond motifs is 1. The van der Waals surface area contributed by atoms with E-state index < -0.39 is 12.0 Å². The smallest absolute Gasteiger partial charge is 0.338 e. The molecule has 1 aromatic heterocycles. The maximum atomic E-state index is 13.1. The van der Waals surface area contributed by atoms with E-state index in [2.05, 4.69) is 15.3 Å². The van der Waals surface area contributed by atoms with Crippen LogP contribution in [0.2, 0.25) is 0 Å². The molecule has 1 N–H and O–H groups in total. The fourth-order valence-corrected chi connectivity index (χ4v) is 5.03. The molecular weight excluding hydrogens is 480 g/mol. The number of amidine groups is 1. The molecular formula is C26H28N4O5S. The van der Waals surface area contributed by atoms with Crippen LogP contribution >= 0.6 is 11.8 Å². The number of carbonyl (C=O) groups is 2. The van der Waals surface area contributed by atoms with E-state index in [9.17, 15) is 9.59 Å². The average Bonchev–Trinajstić information content (AvgIpc) is 3.28. The summed E-state index contributed by atoms with van der Waals surface area (Å²) in [6.07, 6.45) is 3.49. The number of nitrogens with one attached hydrogen (secondary N) is 1. The molecule has 9 nitrogen and oxygen atoms in total. The van der Waals surface area contributed by atoms with Crippen molar-refractivity contribution in [3.8, 4) is 11.5 Å². The maximum absolute atomic E-state index is 13.1. The van der Waals surface area contributed by atoms with Crippen molar-refractivity contribution < 1.29 is 23.8 Å². The lowest BCUT2D eigenvalue weighted by molar-refractivity contribution is -0.139. The Labute approximate surface area is 214 Å². The number of methoxy groups -OCH3 is 2. The molecule has 2 aliphatic heterocycles. The number of esters is 1. The molecule has 0 aliphatic carbocycles. The third kappa shape index (κ3) is 5.38. The quantitative estimate of drug-likeness (QED) is 0.508. The lowest BCUT2D eigenvalue weighted by Gasteiger charge is -2.36. The molecule has 0 unspecified atom stereocenters. The van der Waals surface area contributed by atoms with Crippen LogP contribution in [0.1, 0.15) is 37.4 Å². The Morgan fingerprint density at radius 2 is 1.81 bits per heavy atom. The lowest BCUT2D eigenvalue weighted by Crippen LogP contribution is -2.38. The summed E-state index contributed by atoms with van der Waals surface area (Å²) in [5.41, 5.74) is 3.41. The summed E-state index contributed by atoms with van der Waals surface area (Å²) in [5.74, 6) is 0.567. The van der Waals surface area contributed by atoms with Gasteiger partial charge in [0.25, 0.3) is 0 Å². The zero-order valence-electron chi connectivity index (χ0n) is 20.6. The maximum Gasteiger partial charge on any atom is 0.338 e. The van der Waals surface area contributed by atoms with E-state index in [4.69, 9.17) is 14.2 Å². The van der Waals surface area contributed by atoms with Crippen molar-refractivity contribution >= 4 is 28.8 Å². The summed E-state index contributed by atoms with van der Waals surface area (Å²) in [6, 6.07) is 8.61. The number of thioether (sulfide) groups is 1.